The van der Waals surface area contributed by atoms with Crippen molar-refractivity contribution in [1.29, 1.82) is 0 Å². The van der Waals surface area contributed by atoms with Crippen molar-refractivity contribution in [3.8, 4) is 0 Å². The maximum Gasteiger partial charge on any atom is 0.259 e. The lowest BCUT2D eigenvalue weighted by molar-refractivity contribution is -0.125. The van der Waals surface area contributed by atoms with Crippen molar-refractivity contribution in [3.63, 3.8) is 0 Å². The van der Waals surface area contributed by atoms with Crippen LogP contribution < -0.4 is 10.7 Å². The molecule has 0 radical (unpaired) electrons. The molecule has 6 heteroatoms. The van der Waals surface area contributed by atoms with E-state index in [0.29, 0.717) is 0 Å². The Labute approximate surface area is 126 Å². The van der Waals surface area contributed by atoms with Crippen LogP contribution in [0, 0.1) is 0 Å². The number of benzene rings is 1. The van der Waals surface area contributed by atoms with Crippen LogP contribution in [0.25, 0.3) is 0 Å². The molecule has 0 unspecified atom stereocenters. The number of amides is 2. The van der Waals surface area contributed by atoms with Gasteiger partial charge in [0, 0.05) is 4.88 Å². The highest BCUT2D eigenvalue weighted by molar-refractivity contribution is 7.11. The minimum absolute atomic E-state index is 0.0898. The molecule has 1 aromatic carbocycles. The Morgan fingerprint density at radius 2 is 1.90 bits per heavy atom. The van der Waals surface area contributed by atoms with Gasteiger partial charge in [0.1, 0.15) is 0 Å². The lowest BCUT2D eigenvalue weighted by Gasteiger charge is -2.04. The predicted octanol–water partition coefficient (Wildman–Crippen LogP) is 1.56. The van der Waals surface area contributed by atoms with Crippen LogP contribution in [0.5, 0.6) is 0 Å². The lowest BCUT2D eigenvalue weighted by atomic mass is 10.1. The molecule has 1 heterocycles. The molecule has 2 aromatic rings. The average Bonchev–Trinajstić information content (AvgIpc) is 2.99. The van der Waals surface area contributed by atoms with Crippen LogP contribution in [-0.4, -0.2) is 24.6 Å². The zero-order valence-electron chi connectivity index (χ0n) is 11.3. The summed E-state index contributed by atoms with van der Waals surface area (Å²) in [7, 11) is 0. The average molecular weight is 301 g/mol. The molecular weight excluding hydrogens is 286 g/mol. The number of hydrazone groups is 1. The molecule has 0 aliphatic heterocycles. The Morgan fingerprint density at radius 3 is 2.62 bits per heavy atom. The minimum atomic E-state index is -0.357. The first kappa shape index (κ1) is 14.9. The maximum absolute atomic E-state index is 11.6. The summed E-state index contributed by atoms with van der Waals surface area (Å²) in [6, 6.07) is 13.2. The van der Waals surface area contributed by atoms with Gasteiger partial charge in [-0.25, -0.2) is 5.43 Å². The SMILES string of the molecule is O=C(Cc1ccccc1)NCC(=O)NN=Cc1cccs1. The molecule has 0 saturated heterocycles. The highest BCUT2D eigenvalue weighted by Crippen LogP contribution is 2.04. The summed E-state index contributed by atoms with van der Waals surface area (Å²) in [5, 5.41) is 8.29. The second-order valence-corrected chi connectivity index (χ2v) is 5.23. The lowest BCUT2D eigenvalue weighted by Crippen LogP contribution is -2.35. The quantitative estimate of drug-likeness (QED) is 0.628. The molecule has 0 fully saturated rings. The molecule has 0 atom stereocenters. The number of nitrogens with zero attached hydrogens (tertiary/aromatic N) is 1. The van der Waals surface area contributed by atoms with Crippen LogP contribution in [0.4, 0.5) is 0 Å². The molecular formula is C15H15N3O2S. The van der Waals surface area contributed by atoms with Crippen molar-refractivity contribution in [2.75, 3.05) is 6.54 Å². The molecule has 108 valence electrons. The molecule has 0 aliphatic rings. The summed E-state index contributed by atoms with van der Waals surface area (Å²) in [6.45, 7) is -0.0898. The van der Waals surface area contributed by atoms with E-state index in [0.717, 1.165) is 10.4 Å². The van der Waals surface area contributed by atoms with Gasteiger partial charge < -0.3 is 5.32 Å². The number of hydrogen-bond acceptors (Lipinski definition) is 4. The third-order valence-corrected chi connectivity index (χ3v) is 3.38. The third-order valence-electron chi connectivity index (χ3n) is 2.58. The van der Waals surface area contributed by atoms with Crippen molar-refractivity contribution in [1.82, 2.24) is 10.7 Å². The molecule has 2 rings (SSSR count). The second kappa shape index (κ2) is 7.96. The molecule has 1 aromatic heterocycles. The Hall–Kier alpha value is -2.47. The van der Waals surface area contributed by atoms with Gasteiger partial charge in [0.25, 0.3) is 5.91 Å². The third kappa shape index (κ3) is 5.58. The number of rotatable bonds is 6. The van der Waals surface area contributed by atoms with Crippen LogP contribution in [0.1, 0.15) is 10.4 Å². The van der Waals surface area contributed by atoms with Gasteiger partial charge in [0.2, 0.25) is 5.91 Å². The highest BCUT2D eigenvalue weighted by atomic mass is 32.1. The van der Waals surface area contributed by atoms with E-state index in [-0.39, 0.29) is 24.8 Å². The first-order chi connectivity index (χ1) is 10.2. The van der Waals surface area contributed by atoms with E-state index in [2.05, 4.69) is 15.8 Å². The smallest absolute Gasteiger partial charge is 0.259 e. The highest BCUT2D eigenvalue weighted by Gasteiger charge is 2.05. The topological polar surface area (TPSA) is 70.6 Å². The zero-order valence-corrected chi connectivity index (χ0v) is 12.1. The van der Waals surface area contributed by atoms with E-state index >= 15 is 0 Å². The summed E-state index contributed by atoms with van der Waals surface area (Å²) < 4.78 is 0. The van der Waals surface area contributed by atoms with E-state index in [1.165, 1.54) is 11.3 Å². The fraction of sp³-hybridized carbons (Fsp3) is 0.133. The zero-order chi connectivity index (χ0) is 14.9. The molecule has 21 heavy (non-hydrogen) atoms. The van der Waals surface area contributed by atoms with Gasteiger partial charge in [-0.2, -0.15) is 5.10 Å². The normalized spacial score (nSPS) is 10.5. The molecule has 0 aliphatic carbocycles. The molecule has 2 N–H and O–H groups in total. The number of nitrogens with one attached hydrogen (secondary N) is 2. The van der Waals surface area contributed by atoms with Gasteiger partial charge in [0.15, 0.2) is 0 Å². The number of hydrogen-bond donors (Lipinski definition) is 2. The summed E-state index contributed by atoms with van der Waals surface area (Å²) in [5.41, 5.74) is 3.27. The van der Waals surface area contributed by atoms with E-state index in [1.807, 2.05) is 47.8 Å². The van der Waals surface area contributed by atoms with Gasteiger partial charge in [-0.1, -0.05) is 36.4 Å². The Morgan fingerprint density at radius 1 is 1.10 bits per heavy atom. The number of carbonyl (C=O) groups is 2. The summed E-state index contributed by atoms with van der Waals surface area (Å²) in [6.07, 6.45) is 1.82. The van der Waals surface area contributed by atoms with Gasteiger partial charge >= 0.3 is 0 Å². The van der Waals surface area contributed by atoms with Crippen molar-refractivity contribution in [2.24, 2.45) is 5.10 Å². The van der Waals surface area contributed by atoms with Crippen molar-refractivity contribution < 1.29 is 9.59 Å². The Kier molecular flexibility index (Phi) is 5.66. The predicted molar refractivity (Wildman–Crippen MR) is 83.2 cm³/mol. The van der Waals surface area contributed by atoms with Gasteiger partial charge in [-0.05, 0) is 17.0 Å². The van der Waals surface area contributed by atoms with Crippen LogP contribution in [0.2, 0.25) is 0 Å². The molecule has 0 spiro atoms. The van der Waals surface area contributed by atoms with Gasteiger partial charge in [0.05, 0.1) is 19.2 Å². The van der Waals surface area contributed by atoms with E-state index in [1.54, 1.807) is 6.21 Å². The maximum atomic E-state index is 11.6. The van der Waals surface area contributed by atoms with Crippen molar-refractivity contribution in [3.05, 3.63) is 58.3 Å². The molecule has 5 nitrogen and oxygen atoms in total. The van der Waals surface area contributed by atoms with Crippen LogP contribution in [0.3, 0.4) is 0 Å². The summed E-state index contributed by atoms with van der Waals surface area (Å²) in [5.74, 6) is -0.553. The number of thiophene rings is 1. The van der Waals surface area contributed by atoms with E-state index in [9.17, 15) is 9.59 Å². The minimum Gasteiger partial charge on any atom is -0.347 e. The van der Waals surface area contributed by atoms with Crippen LogP contribution in [-0.2, 0) is 16.0 Å². The van der Waals surface area contributed by atoms with Crippen molar-refractivity contribution >= 4 is 29.4 Å². The molecule has 2 amide bonds. The summed E-state index contributed by atoms with van der Waals surface area (Å²) >= 11 is 1.52. The second-order valence-electron chi connectivity index (χ2n) is 4.25. The summed E-state index contributed by atoms with van der Waals surface area (Å²) in [4.78, 5) is 24.1. The van der Waals surface area contributed by atoms with Crippen LogP contribution >= 0.6 is 11.3 Å². The Balaban J connectivity index is 1.68. The fourth-order valence-corrected chi connectivity index (χ4v) is 2.18. The fourth-order valence-electron chi connectivity index (χ4n) is 1.59. The van der Waals surface area contributed by atoms with Crippen molar-refractivity contribution in [2.45, 2.75) is 6.42 Å². The monoisotopic (exact) mass is 301 g/mol. The first-order valence-corrected chi connectivity index (χ1v) is 7.28. The van der Waals surface area contributed by atoms with Gasteiger partial charge in [-0.15, -0.1) is 11.3 Å². The van der Waals surface area contributed by atoms with E-state index < -0.39 is 0 Å². The van der Waals surface area contributed by atoms with Crippen LogP contribution in [0.15, 0.2) is 52.9 Å². The molecule has 0 saturated carbocycles. The number of carbonyl (C=O) groups excluding carboxylic acids is 2. The Bertz CT molecular complexity index is 609. The first-order valence-electron chi connectivity index (χ1n) is 6.40. The largest absolute Gasteiger partial charge is 0.347 e. The standard InChI is InChI=1S/C15H15N3O2S/c19-14(9-12-5-2-1-3-6-12)16-11-15(20)18-17-10-13-7-4-8-21-13/h1-8,10H,9,11H2,(H,16,19)(H,18,20). The van der Waals surface area contributed by atoms with Gasteiger partial charge in [-0.3, -0.25) is 9.59 Å². The molecule has 0 bridgehead atoms. The van der Waals surface area contributed by atoms with E-state index in [4.69, 9.17) is 0 Å².